The number of hydrogen-bond donors (Lipinski definition) is 0. The van der Waals surface area contributed by atoms with E-state index in [1.54, 1.807) is 11.1 Å². The zero-order valence-electron chi connectivity index (χ0n) is 12.3. The van der Waals surface area contributed by atoms with E-state index in [0.29, 0.717) is 5.57 Å². The summed E-state index contributed by atoms with van der Waals surface area (Å²) in [6.07, 6.45) is 4.40. The van der Waals surface area contributed by atoms with Crippen LogP contribution in [0.3, 0.4) is 0 Å². The van der Waals surface area contributed by atoms with E-state index in [0.717, 1.165) is 28.6 Å². The Bertz CT molecular complexity index is 956. The molecule has 0 unspecified atom stereocenters. The van der Waals surface area contributed by atoms with Crippen molar-refractivity contribution in [2.75, 3.05) is 11.4 Å². The number of nitrogens with one attached hydrogen (secondary N) is 1. The first-order chi connectivity index (χ1) is 11.3. The van der Waals surface area contributed by atoms with E-state index < -0.39 is 0 Å². The number of hydrogen-bond acceptors (Lipinski definition) is 2. The minimum atomic E-state index is -0.160. The highest BCUT2D eigenvalue weighted by atomic mass is 16.2. The lowest BCUT2D eigenvalue weighted by atomic mass is 10.0. The lowest BCUT2D eigenvalue weighted by Gasteiger charge is -2.24. The van der Waals surface area contributed by atoms with Crippen molar-refractivity contribution in [1.82, 2.24) is 4.68 Å². The summed E-state index contributed by atoms with van der Waals surface area (Å²) >= 11 is 0. The fourth-order valence-corrected chi connectivity index (χ4v) is 2.93. The molecule has 5 nitrogen and oxygen atoms in total. The lowest BCUT2D eigenvalue weighted by molar-refractivity contribution is -0.468. The van der Waals surface area contributed by atoms with Gasteiger partial charge in [0.15, 0.2) is 0 Å². The monoisotopic (exact) mass is 304 g/mol. The number of carbonyl (C=O) groups excluding carboxylic acids is 2. The predicted molar refractivity (Wildman–Crippen MR) is 86.9 cm³/mol. The molecule has 23 heavy (non-hydrogen) atoms. The van der Waals surface area contributed by atoms with Gasteiger partial charge in [-0.05, 0) is 29.8 Å². The van der Waals surface area contributed by atoms with Gasteiger partial charge < -0.3 is 4.90 Å². The molecule has 1 N–H and O–H groups in total. The Kier molecular flexibility index (Phi) is 3.05. The van der Waals surface area contributed by atoms with Crippen molar-refractivity contribution >= 4 is 35.0 Å². The van der Waals surface area contributed by atoms with Crippen LogP contribution in [0.15, 0.2) is 60.3 Å². The molecule has 0 fully saturated rings. The van der Waals surface area contributed by atoms with Crippen LogP contribution in [0.25, 0.3) is 17.0 Å². The van der Waals surface area contributed by atoms with Gasteiger partial charge in [0.05, 0.1) is 17.6 Å². The number of carbonyl (C=O) groups is 2. The molecule has 0 radical (unpaired) electrons. The number of aromatic amines is 1. The van der Waals surface area contributed by atoms with Crippen molar-refractivity contribution in [2.24, 2.45) is 0 Å². The standard InChI is InChI=1S/C18H13N3O2/c22-12-20-11-15(9-13-5-1-3-7-16(13)20)18(23)21-17-8-4-2-6-14(17)10-19-21/h1-10,12H,11H2/p+1. The van der Waals surface area contributed by atoms with E-state index in [1.165, 1.54) is 4.68 Å². The molecule has 0 saturated heterocycles. The van der Waals surface area contributed by atoms with E-state index in [4.69, 9.17) is 0 Å². The average Bonchev–Trinajstić information content (AvgIpc) is 3.04. The average molecular weight is 304 g/mol. The van der Waals surface area contributed by atoms with Crippen LogP contribution in [-0.4, -0.2) is 23.5 Å². The van der Waals surface area contributed by atoms with Crippen LogP contribution in [0.5, 0.6) is 0 Å². The molecule has 0 bridgehead atoms. The van der Waals surface area contributed by atoms with Crippen molar-refractivity contribution in [3.63, 3.8) is 0 Å². The highest BCUT2D eigenvalue weighted by Gasteiger charge is 2.25. The summed E-state index contributed by atoms with van der Waals surface area (Å²) in [5.74, 6) is -0.160. The smallest absolute Gasteiger partial charge is 0.310 e. The van der Waals surface area contributed by atoms with Gasteiger partial charge in [0.2, 0.25) is 12.6 Å². The first-order valence-electron chi connectivity index (χ1n) is 7.32. The van der Waals surface area contributed by atoms with Crippen LogP contribution in [0.2, 0.25) is 0 Å². The molecule has 2 heterocycles. The van der Waals surface area contributed by atoms with E-state index in [-0.39, 0.29) is 12.5 Å². The number of H-pyrrole nitrogens is 1. The molecule has 5 heteroatoms. The maximum atomic E-state index is 12.9. The van der Waals surface area contributed by atoms with E-state index in [9.17, 15) is 9.59 Å². The SMILES string of the molecule is O=CN1CC(C(=O)n2[nH+]cc3ccccc32)=Cc2ccccc21. The second kappa shape index (κ2) is 5.21. The molecule has 0 aliphatic carbocycles. The molecule has 1 aliphatic heterocycles. The van der Waals surface area contributed by atoms with Crippen LogP contribution in [0.4, 0.5) is 5.69 Å². The highest BCUT2D eigenvalue weighted by Crippen LogP contribution is 2.28. The molecule has 0 atom stereocenters. The van der Waals surface area contributed by atoms with Crippen molar-refractivity contribution in [3.05, 3.63) is 65.9 Å². The Morgan fingerprint density at radius 1 is 1.09 bits per heavy atom. The van der Waals surface area contributed by atoms with Gasteiger partial charge in [-0.1, -0.05) is 35.0 Å². The summed E-state index contributed by atoms with van der Waals surface area (Å²) < 4.78 is 1.51. The van der Waals surface area contributed by atoms with Gasteiger partial charge in [0, 0.05) is 5.57 Å². The summed E-state index contributed by atoms with van der Waals surface area (Å²) in [5, 5.41) is 3.95. The Labute approximate surface area is 132 Å². The largest absolute Gasteiger partial charge is 0.311 e. The number of anilines is 1. The first kappa shape index (κ1) is 13.5. The molecule has 0 spiro atoms. The fraction of sp³-hybridized carbons (Fsp3) is 0.0556. The molecule has 3 aromatic rings. The lowest BCUT2D eigenvalue weighted by Crippen LogP contribution is -2.34. The second-order valence-corrected chi connectivity index (χ2v) is 5.43. The Balaban J connectivity index is 1.80. The zero-order chi connectivity index (χ0) is 15.8. The van der Waals surface area contributed by atoms with Crippen LogP contribution >= 0.6 is 0 Å². The second-order valence-electron chi connectivity index (χ2n) is 5.43. The number of rotatable bonds is 2. The highest BCUT2D eigenvalue weighted by molar-refractivity contribution is 6.06. The summed E-state index contributed by atoms with van der Waals surface area (Å²) in [5.41, 5.74) is 3.06. The minimum absolute atomic E-state index is 0.160. The maximum absolute atomic E-state index is 12.9. The van der Waals surface area contributed by atoms with Gasteiger partial charge in [-0.3, -0.25) is 9.59 Å². The summed E-state index contributed by atoms with van der Waals surface area (Å²) in [7, 11) is 0. The Hall–Kier alpha value is -3.21. The van der Waals surface area contributed by atoms with Gasteiger partial charge >= 0.3 is 5.91 Å². The normalized spacial score (nSPS) is 13.6. The van der Waals surface area contributed by atoms with Crippen molar-refractivity contribution in [1.29, 1.82) is 0 Å². The minimum Gasteiger partial charge on any atom is -0.310 e. The summed E-state index contributed by atoms with van der Waals surface area (Å²) in [6, 6.07) is 15.2. The number of fused-ring (bicyclic) bond motifs is 2. The Morgan fingerprint density at radius 2 is 1.87 bits per heavy atom. The molecule has 1 aliphatic rings. The fourth-order valence-electron chi connectivity index (χ4n) is 2.93. The van der Waals surface area contributed by atoms with E-state index in [2.05, 4.69) is 5.10 Å². The Morgan fingerprint density at radius 3 is 2.74 bits per heavy atom. The van der Waals surface area contributed by atoms with Crippen molar-refractivity contribution in [3.8, 4) is 0 Å². The molecule has 112 valence electrons. The van der Waals surface area contributed by atoms with Gasteiger partial charge in [-0.2, -0.15) is 0 Å². The van der Waals surface area contributed by atoms with Crippen LogP contribution < -0.4 is 10.00 Å². The first-order valence-corrected chi connectivity index (χ1v) is 7.32. The molecule has 2 aromatic carbocycles. The third-order valence-corrected chi connectivity index (χ3v) is 4.05. The third-order valence-electron chi connectivity index (χ3n) is 4.05. The number of para-hydroxylation sites is 2. The summed E-state index contributed by atoms with van der Waals surface area (Å²) in [6.45, 7) is 0.264. The summed E-state index contributed by atoms with van der Waals surface area (Å²) in [4.78, 5) is 25.8. The molecule has 0 saturated carbocycles. The number of nitrogens with zero attached hydrogens (tertiary/aromatic N) is 2. The molecular formula is C18H14N3O2+. The number of benzene rings is 2. The quantitative estimate of drug-likeness (QED) is 0.681. The van der Waals surface area contributed by atoms with Crippen LogP contribution in [0, 0.1) is 0 Å². The molecule has 4 rings (SSSR count). The zero-order valence-corrected chi connectivity index (χ0v) is 12.3. The topological polar surface area (TPSA) is 56.5 Å². The van der Waals surface area contributed by atoms with E-state index in [1.807, 2.05) is 54.6 Å². The third kappa shape index (κ3) is 2.14. The van der Waals surface area contributed by atoms with Gasteiger partial charge in [0.25, 0.3) is 0 Å². The van der Waals surface area contributed by atoms with Crippen molar-refractivity contribution in [2.45, 2.75) is 0 Å². The van der Waals surface area contributed by atoms with Gasteiger partial charge in [0.1, 0.15) is 5.52 Å². The van der Waals surface area contributed by atoms with Crippen LogP contribution in [-0.2, 0) is 4.79 Å². The number of amides is 1. The van der Waals surface area contributed by atoms with Gasteiger partial charge in [-0.15, -0.1) is 5.10 Å². The van der Waals surface area contributed by atoms with Crippen LogP contribution in [0.1, 0.15) is 10.4 Å². The molecule has 1 aromatic heterocycles. The number of aromatic nitrogens is 2. The maximum Gasteiger partial charge on any atom is 0.311 e. The molecule has 1 amide bonds. The van der Waals surface area contributed by atoms with Crippen molar-refractivity contribution < 1.29 is 14.7 Å². The predicted octanol–water partition coefficient (Wildman–Crippen LogP) is 2.16. The van der Waals surface area contributed by atoms with Gasteiger partial charge in [-0.25, -0.2) is 0 Å². The molecular weight excluding hydrogens is 290 g/mol. The van der Waals surface area contributed by atoms with E-state index >= 15 is 0 Å².